The van der Waals surface area contributed by atoms with Crippen LogP contribution in [-0.4, -0.2) is 40.0 Å². The van der Waals surface area contributed by atoms with E-state index in [4.69, 9.17) is 0 Å². The Bertz CT molecular complexity index is 646. The molecule has 1 aromatic carbocycles. The number of aromatic nitrogens is 2. The molecule has 5 heteroatoms. The maximum atomic E-state index is 12.4. The second-order valence-corrected chi connectivity index (χ2v) is 6.47. The average Bonchev–Trinajstić information content (AvgIpc) is 3.24. The fraction of sp³-hybridized carbons (Fsp3) is 0.474. The van der Waals surface area contributed by atoms with Crippen molar-refractivity contribution in [3.8, 4) is 0 Å². The van der Waals surface area contributed by atoms with Gasteiger partial charge < -0.3 is 9.88 Å². The fourth-order valence-corrected chi connectivity index (χ4v) is 3.30. The molecule has 0 saturated carbocycles. The lowest BCUT2D eigenvalue weighted by atomic mass is 10.0. The first-order valence-corrected chi connectivity index (χ1v) is 8.77. The summed E-state index contributed by atoms with van der Waals surface area (Å²) in [6.07, 6.45) is 7.07. The molecular weight excluding hydrogens is 300 g/mol. The Kier molecular flexibility index (Phi) is 5.64. The normalized spacial score (nSPS) is 16.2. The lowest BCUT2D eigenvalue weighted by Gasteiger charge is -2.22. The lowest BCUT2D eigenvalue weighted by Crippen LogP contribution is -2.38. The summed E-state index contributed by atoms with van der Waals surface area (Å²) in [7, 11) is 0. The van der Waals surface area contributed by atoms with Crippen LogP contribution in [0.1, 0.15) is 36.7 Å². The van der Waals surface area contributed by atoms with Gasteiger partial charge in [-0.1, -0.05) is 30.3 Å². The Hall–Kier alpha value is -2.14. The molecule has 1 amide bonds. The molecule has 1 fully saturated rings. The summed E-state index contributed by atoms with van der Waals surface area (Å²) in [5, 5.41) is 3.23. The van der Waals surface area contributed by atoms with Gasteiger partial charge in [-0.05, 0) is 44.8 Å². The zero-order chi connectivity index (χ0) is 16.8. The van der Waals surface area contributed by atoms with Crippen molar-refractivity contribution in [3.05, 3.63) is 54.1 Å². The van der Waals surface area contributed by atoms with Crippen molar-refractivity contribution in [2.24, 2.45) is 0 Å². The van der Waals surface area contributed by atoms with E-state index in [2.05, 4.69) is 31.9 Å². The van der Waals surface area contributed by atoms with Crippen molar-refractivity contribution < 1.29 is 4.79 Å². The van der Waals surface area contributed by atoms with Gasteiger partial charge in [-0.3, -0.25) is 9.69 Å². The van der Waals surface area contributed by atoms with E-state index in [0.717, 1.165) is 37.4 Å². The third-order valence-corrected chi connectivity index (χ3v) is 4.69. The molecule has 2 aromatic rings. The molecule has 0 bridgehead atoms. The smallest absolute Gasteiger partial charge is 0.234 e. The topological polar surface area (TPSA) is 50.2 Å². The van der Waals surface area contributed by atoms with Crippen molar-refractivity contribution in [2.45, 2.75) is 38.8 Å². The van der Waals surface area contributed by atoms with Crippen LogP contribution in [0.15, 0.2) is 42.7 Å². The lowest BCUT2D eigenvalue weighted by molar-refractivity contribution is -0.122. The van der Waals surface area contributed by atoms with Crippen LogP contribution in [0.2, 0.25) is 0 Å². The van der Waals surface area contributed by atoms with Gasteiger partial charge in [0, 0.05) is 18.9 Å². The molecule has 3 rings (SSSR count). The van der Waals surface area contributed by atoms with E-state index in [0.29, 0.717) is 6.54 Å². The van der Waals surface area contributed by atoms with Crippen LogP contribution >= 0.6 is 0 Å². The molecule has 128 valence electrons. The standard InChI is InChI=1S/C19H26N4O/c1-16-20-10-14-23(16)13-9-18(17-7-3-2-4-8-17)21-19(24)15-22-11-5-6-12-22/h2-4,7-8,10,14,18H,5-6,9,11-13,15H2,1H3,(H,21,24)/t18-/m1/s1. The van der Waals surface area contributed by atoms with Gasteiger partial charge in [0.15, 0.2) is 0 Å². The minimum atomic E-state index is 0.0307. The molecular formula is C19H26N4O. The number of nitrogens with one attached hydrogen (secondary N) is 1. The highest BCUT2D eigenvalue weighted by Gasteiger charge is 2.19. The summed E-state index contributed by atoms with van der Waals surface area (Å²) in [5.74, 6) is 1.12. The third kappa shape index (κ3) is 4.45. The van der Waals surface area contributed by atoms with Crippen LogP contribution in [0.3, 0.4) is 0 Å². The zero-order valence-electron chi connectivity index (χ0n) is 14.3. The summed E-state index contributed by atoms with van der Waals surface area (Å²) in [6, 6.07) is 10.3. The van der Waals surface area contributed by atoms with E-state index in [1.165, 1.54) is 12.8 Å². The Morgan fingerprint density at radius 2 is 2.00 bits per heavy atom. The first-order chi connectivity index (χ1) is 11.7. The molecule has 1 aliphatic rings. The molecule has 0 aliphatic carbocycles. The minimum Gasteiger partial charge on any atom is -0.348 e. The maximum Gasteiger partial charge on any atom is 0.234 e. The summed E-state index contributed by atoms with van der Waals surface area (Å²) in [6.45, 7) is 5.43. The summed E-state index contributed by atoms with van der Waals surface area (Å²) in [4.78, 5) is 18.9. The molecule has 1 aromatic heterocycles. The molecule has 1 atom stereocenters. The molecule has 1 N–H and O–H groups in total. The maximum absolute atomic E-state index is 12.4. The van der Waals surface area contributed by atoms with Crippen LogP contribution in [0.4, 0.5) is 0 Å². The van der Waals surface area contributed by atoms with E-state index in [1.54, 1.807) is 0 Å². The van der Waals surface area contributed by atoms with Crippen molar-refractivity contribution in [1.82, 2.24) is 19.8 Å². The second-order valence-electron chi connectivity index (χ2n) is 6.47. The van der Waals surface area contributed by atoms with Gasteiger partial charge >= 0.3 is 0 Å². The van der Waals surface area contributed by atoms with E-state index >= 15 is 0 Å². The number of aryl methyl sites for hydroxylation is 2. The van der Waals surface area contributed by atoms with Crippen molar-refractivity contribution in [2.75, 3.05) is 19.6 Å². The summed E-state index contributed by atoms with van der Waals surface area (Å²) in [5.41, 5.74) is 1.16. The van der Waals surface area contributed by atoms with E-state index in [1.807, 2.05) is 37.5 Å². The van der Waals surface area contributed by atoms with Crippen LogP contribution < -0.4 is 5.32 Å². The first-order valence-electron chi connectivity index (χ1n) is 8.77. The molecule has 2 heterocycles. The molecule has 1 saturated heterocycles. The number of benzene rings is 1. The van der Waals surface area contributed by atoms with Gasteiger partial charge in [-0.15, -0.1) is 0 Å². The summed E-state index contributed by atoms with van der Waals surface area (Å²) < 4.78 is 2.13. The van der Waals surface area contributed by atoms with Gasteiger partial charge in [0.25, 0.3) is 0 Å². The molecule has 24 heavy (non-hydrogen) atoms. The fourth-order valence-electron chi connectivity index (χ4n) is 3.30. The van der Waals surface area contributed by atoms with Gasteiger partial charge in [-0.2, -0.15) is 0 Å². The van der Waals surface area contributed by atoms with Crippen molar-refractivity contribution in [1.29, 1.82) is 0 Å². The second kappa shape index (κ2) is 8.11. The molecule has 5 nitrogen and oxygen atoms in total. The Balaban J connectivity index is 1.63. The van der Waals surface area contributed by atoms with Gasteiger partial charge in [0.2, 0.25) is 5.91 Å². The first kappa shape index (κ1) is 16.7. The van der Waals surface area contributed by atoms with Gasteiger partial charge in [0.1, 0.15) is 5.82 Å². The number of carbonyl (C=O) groups excluding carboxylic acids is 1. The van der Waals surface area contributed by atoms with Crippen LogP contribution in [0.25, 0.3) is 0 Å². The van der Waals surface area contributed by atoms with E-state index < -0.39 is 0 Å². The monoisotopic (exact) mass is 326 g/mol. The Morgan fingerprint density at radius 1 is 1.25 bits per heavy atom. The molecule has 0 spiro atoms. The highest BCUT2D eigenvalue weighted by molar-refractivity contribution is 5.78. The van der Waals surface area contributed by atoms with E-state index in [-0.39, 0.29) is 11.9 Å². The highest BCUT2D eigenvalue weighted by Crippen LogP contribution is 2.18. The Labute approximate surface area is 143 Å². The van der Waals surface area contributed by atoms with Crippen molar-refractivity contribution in [3.63, 3.8) is 0 Å². The molecule has 0 unspecified atom stereocenters. The number of amides is 1. The largest absolute Gasteiger partial charge is 0.348 e. The minimum absolute atomic E-state index is 0.0307. The number of hydrogen-bond donors (Lipinski definition) is 1. The third-order valence-electron chi connectivity index (χ3n) is 4.69. The van der Waals surface area contributed by atoms with Gasteiger partial charge in [0.05, 0.1) is 12.6 Å². The van der Waals surface area contributed by atoms with Crippen LogP contribution in [-0.2, 0) is 11.3 Å². The zero-order valence-corrected chi connectivity index (χ0v) is 14.3. The molecule has 1 aliphatic heterocycles. The average molecular weight is 326 g/mol. The number of hydrogen-bond acceptors (Lipinski definition) is 3. The number of imidazole rings is 1. The number of rotatable bonds is 7. The van der Waals surface area contributed by atoms with Crippen LogP contribution in [0.5, 0.6) is 0 Å². The molecule has 0 radical (unpaired) electrons. The summed E-state index contributed by atoms with van der Waals surface area (Å²) >= 11 is 0. The highest BCUT2D eigenvalue weighted by atomic mass is 16.2. The number of carbonyl (C=O) groups is 1. The SMILES string of the molecule is Cc1nccn1CC[C@@H](NC(=O)CN1CCCC1)c1ccccc1. The Morgan fingerprint density at radius 3 is 2.67 bits per heavy atom. The predicted molar refractivity (Wildman–Crippen MR) is 94.6 cm³/mol. The van der Waals surface area contributed by atoms with Crippen molar-refractivity contribution >= 4 is 5.91 Å². The number of nitrogens with zero attached hydrogens (tertiary/aromatic N) is 3. The van der Waals surface area contributed by atoms with E-state index in [9.17, 15) is 4.79 Å². The van der Waals surface area contributed by atoms with Crippen LogP contribution in [0, 0.1) is 6.92 Å². The predicted octanol–water partition coefficient (Wildman–Crippen LogP) is 2.53. The van der Waals surface area contributed by atoms with Gasteiger partial charge in [-0.25, -0.2) is 4.98 Å². The number of likely N-dealkylation sites (tertiary alicyclic amines) is 1. The quantitative estimate of drug-likeness (QED) is 0.851.